The van der Waals surface area contributed by atoms with Gasteiger partial charge in [0, 0.05) is 24.0 Å². The molecule has 0 unspecified atom stereocenters. The van der Waals surface area contributed by atoms with Gasteiger partial charge in [-0.1, -0.05) is 36.5 Å². The Morgan fingerprint density at radius 2 is 1.74 bits per heavy atom. The second-order valence-electron chi connectivity index (χ2n) is 5.28. The van der Waals surface area contributed by atoms with Gasteiger partial charge in [0.15, 0.2) is 0 Å². The van der Waals surface area contributed by atoms with Gasteiger partial charge in [0.05, 0.1) is 6.61 Å². The Kier molecular flexibility index (Phi) is 5.82. The minimum absolute atomic E-state index is 0.222. The lowest BCUT2D eigenvalue weighted by Gasteiger charge is -1.98. The summed E-state index contributed by atoms with van der Waals surface area (Å²) in [6.07, 6.45) is 1.22. The number of carboxylic acid groups (broad SMARTS) is 1. The molecule has 23 heavy (non-hydrogen) atoms. The first-order chi connectivity index (χ1) is 11.1. The number of fused-ring (bicyclic) bond motifs is 1. The van der Waals surface area contributed by atoms with E-state index >= 15 is 0 Å². The summed E-state index contributed by atoms with van der Waals surface area (Å²) >= 11 is 0. The number of carboxylic acids is 1. The number of hydrogen-bond donors (Lipinski definition) is 1. The summed E-state index contributed by atoms with van der Waals surface area (Å²) in [6.45, 7) is 4.48. The first-order valence-electron chi connectivity index (χ1n) is 7.64. The standard InChI is InChI=1S/C17H14O.C3H6O2/c1-13-2-4-14(5-3-13)6-7-15-8-9-17-16(12-15)10-11-18-17;1-2-3(4)5/h2-5,8-9,12H,10-11H2,1H3;2H2,1H3,(H,4,5). The largest absolute Gasteiger partial charge is 0.493 e. The van der Waals surface area contributed by atoms with E-state index < -0.39 is 5.97 Å². The van der Waals surface area contributed by atoms with Crippen molar-refractivity contribution >= 4 is 5.97 Å². The van der Waals surface area contributed by atoms with E-state index in [1.54, 1.807) is 6.92 Å². The van der Waals surface area contributed by atoms with E-state index in [1.807, 2.05) is 12.1 Å². The lowest BCUT2D eigenvalue weighted by atomic mass is 10.1. The zero-order valence-corrected chi connectivity index (χ0v) is 13.4. The molecule has 0 aliphatic carbocycles. The van der Waals surface area contributed by atoms with E-state index in [9.17, 15) is 4.79 Å². The minimum Gasteiger partial charge on any atom is -0.493 e. The van der Waals surface area contributed by atoms with Gasteiger partial charge in [-0.15, -0.1) is 0 Å². The second kappa shape index (κ2) is 8.05. The highest BCUT2D eigenvalue weighted by atomic mass is 16.5. The molecule has 1 aliphatic heterocycles. The summed E-state index contributed by atoms with van der Waals surface area (Å²) in [6, 6.07) is 14.4. The summed E-state index contributed by atoms with van der Waals surface area (Å²) in [7, 11) is 0. The van der Waals surface area contributed by atoms with Crippen LogP contribution in [0.2, 0.25) is 0 Å². The number of carbonyl (C=O) groups is 1. The van der Waals surface area contributed by atoms with Gasteiger partial charge in [0.2, 0.25) is 0 Å². The zero-order chi connectivity index (χ0) is 16.7. The lowest BCUT2D eigenvalue weighted by Crippen LogP contribution is -1.86. The first-order valence-corrected chi connectivity index (χ1v) is 7.64. The molecule has 0 aromatic heterocycles. The highest BCUT2D eigenvalue weighted by molar-refractivity contribution is 5.66. The molecule has 0 spiro atoms. The number of rotatable bonds is 1. The number of benzene rings is 2. The van der Waals surface area contributed by atoms with Crippen molar-refractivity contribution in [2.24, 2.45) is 0 Å². The Hall–Kier alpha value is -2.73. The van der Waals surface area contributed by atoms with Crippen molar-refractivity contribution in [1.82, 2.24) is 0 Å². The Labute approximate surface area is 136 Å². The molecule has 0 bridgehead atoms. The van der Waals surface area contributed by atoms with Crippen molar-refractivity contribution in [3.8, 4) is 17.6 Å². The van der Waals surface area contributed by atoms with Crippen molar-refractivity contribution in [3.05, 3.63) is 64.7 Å². The van der Waals surface area contributed by atoms with Crippen LogP contribution in [0.5, 0.6) is 5.75 Å². The molecule has 0 radical (unpaired) electrons. The first kappa shape index (κ1) is 16.6. The topological polar surface area (TPSA) is 46.5 Å². The molecule has 0 fully saturated rings. The van der Waals surface area contributed by atoms with E-state index in [-0.39, 0.29) is 6.42 Å². The van der Waals surface area contributed by atoms with Gasteiger partial charge in [-0.25, -0.2) is 0 Å². The number of aliphatic carboxylic acids is 1. The lowest BCUT2D eigenvalue weighted by molar-refractivity contribution is -0.136. The van der Waals surface area contributed by atoms with Gasteiger partial charge in [-0.3, -0.25) is 4.79 Å². The van der Waals surface area contributed by atoms with Crippen LogP contribution in [-0.4, -0.2) is 17.7 Å². The van der Waals surface area contributed by atoms with Gasteiger partial charge in [-0.05, 0) is 42.8 Å². The van der Waals surface area contributed by atoms with E-state index in [2.05, 4.69) is 49.1 Å². The van der Waals surface area contributed by atoms with Crippen LogP contribution in [0, 0.1) is 18.8 Å². The van der Waals surface area contributed by atoms with Crippen molar-refractivity contribution in [2.45, 2.75) is 26.7 Å². The third-order valence-electron chi connectivity index (χ3n) is 3.39. The molecule has 118 valence electrons. The van der Waals surface area contributed by atoms with Gasteiger partial charge in [0.1, 0.15) is 5.75 Å². The molecule has 1 aliphatic rings. The Morgan fingerprint density at radius 1 is 1.13 bits per heavy atom. The summed E-state index contributed by atoms with van der Waals surface area (Å²) in [5, 5.41) is 7.72. The normalized spacial score (nSPS) is 11.2. The molecular weight excluding hydrogens is 288 g/mol. The molecule has 1 heterocycles. The van der Waals surface area contributed by atoms with Crippen LogP contribution < -0.4 is 4.74 Å². The van der Waals surface area contributed by atoms with Crippen LogP contribution in [-0.2, 0) is 11.2 Å². The summed E-state index contributed by atoms with van der Waals surface area (Å²) < 4.78 is 5.48. The van der Waals surface area contributed by atoms with Gasteiger partial charge in [0.25, 0.3) is 0 Å². The van der Waals surface area contributed by atoms with Crippen molar-refractivity contribution < 1.29 is 14.6 Å². The SMILES string of the molecule is CCC(=O)O.Cc1ccc(C#Cc2ccc3c(c2)CCO3)cc1. The molecule has 0 amide bonds. The zero-order valence-electron chi connectivity index (χ0n) is 13.4. The average Bonchev–Trinajstić information content (AvgIpc) is 3.02. The fourth-order valence-electron chi connectivity index (χ4n) is 2.05. The molecule has 0 atom stereocenters. The van der Waals surface area contributed by atoms with Crippen LogP contribution in [0.15, 0.2) is 42.5 Å². The molecule has 3 rings (SSSR count). The smallest absolute Gasteiger partial charge is 0.303 e. The van der Waals surface area contributed by atoms with Crippen LogP contribution >= 0.6 is 0 Å². The third-order valence-corrected chi connectivity index (χ3v) is 3.39. The fourth-order valence-corrected chi connectivity index (χ4v) is 2.05. The number of hydrogen-bond acceptors (Lipinski definition) is 2. The highest BCUT2D eigenvalue weighted by Crippen LogP contribution is 2.25. The van der Waals surface area contributed by atoms with Crippen LogP contribution in [0.4, 0.5) is 0 Å². The Balaban J connectivity index is 0.000000338. The van der Waals surface area contributed by atoms with Gasteiger partial charge < -0.3 is 9.84 Å². The average molecular weight is 308 g/mol. The molecule has 3 heteroatoms. The predicted molar refractivity (Wildman–Crippen MR) is 90.7 cm³/mol. The Bertz CT molecular complexity index is 734. The predicted octanol–water partition coefficient (Wildman–Crippen LogP) is 3.81. The number of ether oxygens (including phenoxy) is 1. The van der Waals surface area contributed by atoms with E-state index in [1.165, 1.54) is 11.1 Å². The van der Waals surface area contributed by atoms with E-state index in [0.29, 0.717) is 0 Å². The quantitative estimate of drug-likeness (QED) is 0.815. The van der Waals surface area contributed by atoms with Crippen LogP contribution in [0.3, 0.4) is 0 Å². The Morgan fingerprint density at radius 3 is 2.39 bits per heavy atom. The monoisotopic (exact) mass is 308 g/mol. The van der Waals surface area contributed by atoms with Crippen molar-refractivity contribution in [2.75, 3.05) is 6.61 Å². The maximum absolute atomic E-state index is 9.37. The molecule has 1 N–H and O–H groups in total. The second-order valence-corrected chi connectivity index (χ2v) is 5.28. The summed E-state index contributed by atoms with van der Waals surface area (Å²) in [4.78, 5) is 9.37. The maximum Gasteiger partial charge on any atom is 0.303 e. The van der Waals surface area contributed by atoms with Crippen molar-refractivity contribution in [1.29, 1.82) is 0 Å². The van der Waals surface area contributed by atoms with E-state index in [0.717, 1.165) is 29.9 Å². The maximum atomic E-state index is 9.37. The van der Waals surface area contributed by atoms with Gasteiger partial charge in [-0.2, -0.15) is 0 Å². The fraction of sp³-hybridized carbons (Fsp3) is 0.250. The summed E-state index contributed by atoms with van der Waals surface area (Å²) in [5.41, 5.74) is 4.64. The van der Waals surface area contributed by atoms with Gasteiger partial charge >= 0.3 is 5.97 Å². The molecule has 0 saturated heterocycles. The molecule has 3 nitrogen and oxygen atoms in total. The molecule has 2 aromatic carbocycles. The summed E-state index contributed by atoms with van der Waals surface area (Å²) in [5.74, 6) is 6.66. The third kappa shape index (κ3) is 5.19. The molecule has 2 aromatic rings. The molecule has 0 saturated carbocycles. The number of aryl methyl sites for hydroxylation is 1. The van der Waals surface area contributed by atoms with E-state index in [4.69, 9.17) is 9.84 Å². The van der Waals surface area contributed by atoms with Crippen molar-refractivity contribution in [3.63, 3.8) is 0 Å². The van der Waals surface area contributed by atoms with Crippen LogP contribution in [0.25, 0.3) is 0 Å². The minimum atomic E-state index is -0.745. The molecular formula is C20H20O3. The highest BCUT2D eigenvalue weighted by Gasteiger charge is 2.10. The van der Waals surface area contributed by atoms with Crippen LogP contribution in [0.1, 0.15) is 35.6 Å².